The summed E-state index contributed by atoms with van der Waals surface area (Å²) in [7, 11) is 0. The van der Waals surface area contributed by atoms with Gasteiger partial charge in [-0.15, -0.1) is 0 Å². The standard InChI is InChI=1S/C14H28O5/c1-6-7-8-9-10-12(2)17-13(15)18-19-16-11-14(3,4)5/h12H,6-11H2,1-5H3. The minimum Gasteiger partial charge on any atom is -0.429 e. The van der Waals surface area contributed by atoms with Crippen molar-refractivity contribution in [2.24, 2.45) is 5.41 Å². The first kappa shape index (κ1) is 18.2. The highest BCUT2D eigenvalue weighted by atomic mass is 17.5. The van der Waals surface area contributed by atoms with Crippen LogP contribution in [-0.2, 0) is 19.6 Å². The van der Waals surface area contributed by atoms with Crippen molar-refractivity contribution in [2.45, 2.75) is 72.8 Å². The lowest BCUT2D eigenvalue weighted by atomic mass is 9.99. The molecule has 0 saturated heterocycles. The fourth-order valence-corrected chi connectivity index (χ4v) is 1.35. The average Bonchev–Trinajstić information content (AvgIpc) is 2.29. The number of hydrogen-bond donors (Lipinski definition) is 0. The van der Waals surface area contributed by atoms with Gasteiger partial charge in [-0.05, 0) is 30.2 Å². The van der Waals surface area contributed by atoms with Crippen LogP contribution in [0.5, 0.6) is 0 Å². The van der Waals surface area contributed by atoms with Gasteiger partial charge in [-0.2, -0.15) is 4.89 Å². The molecule has 0 aromatic carbocycles. The van der Waals surface area contributed by atoms with Gasteiger partial charge in [-0.3, -0.25) is 0 Å². The van der Waals surface area contributed by atoms with E-state index in [1.54, 1.807) is 0 Å². The second kappa shape index (κ2) is 10.0. The van der Waals surface area contributed by atoms with E-state index < -0.39 is 6.16 Å². The normalized spacial score (nSPS) is 13.1. The summed E-state index contributed by atoms with van der Waals surface area (Å²) in [4.78, 5) is 20.3. The number of carbonyl (C=O) groups excluding carboxylic acids is 1. The quantitative estimate of drug-likeness (QED) is 0.270. The molecule has 0 radical (unpaired) electrons. The van der Waals surface area contributed by atoms with Crippen molar-refractivity contribution < 1.29 is 24.3 Å². The van der Waals surface area contributed by atoms with Crippen molar-refractivity contribution >= 4 is 6.16 Å². The van der Waals surface area contributed by atoms with Crippen LogP contribution < -0.4 is 0 Å². The summed E-state index contributed by atoms with van der Waals surface area (Å²) in [6.45, 7) is 10.3. The third kappa shape index (κ3) is 13.4. The Kier molecular flexibility index (Phi) is 9.61. The third-order valence-electron chi connectivity index (χ3n) is 2.40. The van der Waals surface area contributed by atoms with E-state index in [0.717, 1.165) is 19.3 Å². The van der Waals surface area contributed by atoms with E-state index >= 15 is 0 Å². The van der Waals surface area contributed by atoms with Crippen molar-refractivity contribution in [1.82, 2.24) is 0 Å². The molecule has 0 aliphatic rings. The first-order chi connectivity index (χ1) is 8.85. The number of rotatable bonds is 9. The summed E-state index contributed by atoms with van der Waals surface area (Å²) in [6.07, 6.45) is 4.40. The Bertz CT molecular complexity index is 234. The second-order valence-corrected chi connectivity index (χ2v) is 6.00. The predicted octanol–water partition coefficient (Wildman–Crippen LogP) is 4.41. The Labute approximate surface area is 116 Å². The molecule has 0 aliphatic carbocycles. The van der Waals surface area contributed by atoms with Crippen LogP contribution in [0.2, 0.25) is 0 Å². The van der Waals surface area contributed by atoms with Gasteiger partial charge < -0.3 is 4.74 Å². The van der Waals surface area contributed by atoms with Gasteiger partial charge in [-0.25, -0.2) is 9.68 Å². The van der Waals surface area contributed by atoms with Gasteiger partial charge >= 0.3 is 6.16 Å². The molecule has 0 aromatic heterocycles. The largest absolute Gasteiger partial charge is 0.542 e. The fourth-order valence-electron chi connectivity index (χ4n) is 1.35. The van der Waals surface area contributed by atoms with Crippen molar-refractivity contribution in [1.29, 1.82) is 0 Å². The molecular weight excluding hydrogens is 248 g/mol. The Hall–Kier alpha value is -0.810. The molecule has 5 heteroatoms. The highest BCUT2D eigenvalue weighted by Gasteiger charge is 2.14. The summed E-state index contributed by atoms with van der Waals surface area (Å²) in [6, 6.07) is 0. The molecule has 0 bridgehead atoms. The Morgan fingerprint density at radius 2 is 1.84 bits per heavy atom. The molecule has 0 heterocycles. The van der Waals surface area contributed by atoms with Crippen molar-refractivity contribution in [2.75, 3.05) is 6.61 Å². The van der Waals surface area contributed by atoms with Gasteiger partial charge in [0.15, 0.2) is 0 Å². The van der Waals surface area contributed by atoms with E-state index in [0.29, 0.717) is 6.61 Å². The zero-order chi connectivity index (χ0) is 14.7. The molecule has 0 spiro atoms. The maximum atomic E-state index is 11.2. The molecule has 0 saturated carbocycles. The summed E-state index contributed by atoms with van der Waals surface area (Å²) in [5.74, 6) is 0. The monoisotopic (exact) mass is 276 g/mol. The predicted molar refractivity (Wildman–Crippen MR) is 72.3 cm³/mol. The van der Waals surface area contributed by atoms with Crippen molar-refractivity contribution in [3.05, 3.63) is 0 Å². The third-order valence-corrected chi connectivity index (χ3v) is 2.40. The van der Waals surface area contributed by atoms with Crippen LogP contribution in [0.4, 0.5) is 4.79 Å². The first-order valence-electron chi connectivity index (χ1n) is 7.02. The lowest BCUT2D eigenvalue weighted by Gasteiger charge is -2.16. The van der Waals surface area contributed by atoms with E-state index in [4.69, 9.17) is 9.62 Å². The van der Waals surface area contributed by atoms with Crippen LogP contribution >= 0.6 is 0 Å². The zero-order valence-corrected chi connectivity index (χ0v) is 12.9. The first-order valence-corrected chi connectivity index (χ1v) is 7.02. The molecule has 0 aromatic rings. The molecule has 0 amide bonds. The van der Waals surface area contributed by atoms with Gasteiger partial charge in [0.25, 0.3) is 0 Å². The van der Waals surface area contributed by atoms with Gasteiger partial charge in [0.2, 0.25) is 0 Å². The van der Waals surface area contributed by atoms with Crippen LogP contribution in [0, 0.1) is 5.41 Å². The van der Waals surface area contributed by atoms with E-state index in [2.05, 4.69) is 16.8 Å². The Balaban J connectivity index is 3.51. The van der Waals surface area contributed by atoms with Crippen LogP contribution in [0.3, 0.4) is 0 Å². The topological polar surface area (TPSA) is 54.0 Å². The molecule has 19 heavy (non-hydrogen) atoms. The molecule has 114 valence electrons. The van der Waals surface area contributed by atoms with Crippen molar-refractivity contribution in [3.8, 4) is 0 Å². The maximum Gasteiger partial charge on any atom is 0.542 e. The smallest absolute Gasteiger partial charge is 0.429 e. The van der Waals surface area contributed by atoms with Crippen LogP contribution in [-0.4, -0.2) is 18.9 Å². The van der Waals surface area contributed by atoms with Gasteiger partial charge in [0.1, 0.15) is 6.10 Å². The lowest BCUT2D eigenvalue weighted by molar-refractivity contribution is -0.491. The van der Waals surface area contributed by atoms with E-state index in [1.165, 1.54) is 12.8 Å². The zero-order valence-electron chi connectivity index (χ0n) is 12.9. The Morgan fingerprint density at radius 3 is 2.42 bits per heavy atom. The molecular formula is C14H28O5. The highest BCUT2D eigenvalue weighted by Crippen LogP contribution is 2.13. The van der Waals surface area contributed by atoms with Gasteiger partial charge in [0, 0.05) is 0 Å². The highest BCUT2D eigenvalue weighted by molar-refractivity contribution is 5.59. The van der Waals surface area contributed by atoms with Crippen LogP contribution in [0.1, 0.15) is 66.7 Å². The molecule has 0 N–H and O–H groups in total. The molecule has 0 aliphatic heterocycles. The minimum absolute atomic E-state index is 0.0557. The number of carbonyl (C=O) groups is 1. The van der Waals surface area contributed by atoms with Crippen LogP contribution in [0.15, 0.2) is 0 Å². The van der Waals surface area contributed by atoms with Gasteiger partial charge in [0.05, 0.1) is 6.61 Å². The Morgan fingerprint density at radius 1 is 1.16 bits per heavy atom. The fraction of sp³-hybridized carbons (Fsp3) is 0.929. The summed E-state index contributed by atoms with van der Waals surface area (Å²) in [5, 5.41) is 4.34. The van der Waals surface area contributed by atoms with E-state index in [1.807, 2.05) is 27.7 Å². The number of unbranched alkanes of at least 4 members (excludes halogenated alkanes) is 3. The molecule has 1 atom stereocenters. The molecule has 5 nitrogen and oxygen atoms in total. The van der Waals surface area contributed by atoms with Gasteiger partial charge in [-0.1, -0.05) is 47.0 Å². The van der Waals surface area contributed by atoms with E-state index in [9.17, 15) is 4.79 Å². The lowest BCUT2D eigenvalue weighted by Crippen LogP contribution is -2.19. The minimum atomic E-state index is -0.864. The second-order valence-electron chi connectivity index (χ2n) is 6.00. The number of hydrogen-bond acceptors (Lipinski definition) is 5. The summed E-state index contributed by atoms with van der Waals surface area (Å²) < 4.78 is 5.00. The molecule has 0 fully saturated rings. The maximum absolute atomic E-state index is 11.2. The average molecular weight is 276 g/mol. The SMILES string of the molecule is CCCCCCC(C)OC(=O)OOOCC(C)(C)C. The van der Waals surface area contributed by atoms with Crippen LogP contribution in [0.25, 0.3) is 0 Å². The number of ether oxygens (including phenoxy) is 1. The molecule has 0 rings (SSSR count). The molecule has 1 unspecified atom stereocenters. The summed E-state index contributed by atoms with van der Waals surface area (Å²) >= 11 is 0. The van der Waals surface area contributed by atoms with E-state index in [-0.39, 0.29) is 11.5 Å². The van der Waals surface area contributed by atoms with Crippen molar-refractivity contribution in [3.63, 3.8) is 0 Å². The summed E-state index contributed by atoms with van der Waals surface area (Å²) in [5.41, 5.74) is -0.0557.